The molecule has 3 N–H and O–H groups in total. The summed E-state index contributed by atoms with van der Waals surface area (Å²) < 4.78 is 13.1. The van der Waals surface area contributed by atoms with Crippen LogP contribution in [0.15, 0.2) is 42.6 Å². The fourth-order valence-corrected chi connectivity index (χ4v) is 1.73. The molecule has 0 fully saturated rings. The van der Waals surface area contributed by atoms with Crippen LogP contribution in [-0.4, -0.2) is 24.1 Å². The fourth-order valence-electron chi connectivity index (χ4n) is 1.73. The van der Waals surface area contributed by atoms with Gasteiger partial charge in [0, 0.05) is 25.0 Å². The average Bonchev–Trinajstić information content (AvgIpc) is 2.48. The molecule has 2 amide bonds. The second-order valence-corrected chi connectivity index (χ2v) is 4.48. The van der Waals surface area contributed by atoms with E-state index in [1.165, 1.54) is 12.1 Å². The highest BCUT2D eigenvalue weighted by molar-refractivity contribution is 5.90. The Kier molecular flexibility index (Phi) is 5.09. The zero-order chi connectivity index (χ0) is 15.1. The number of urea groups is 1. The lowest BCUT2D eigenvalue weighted by Gasteiger charge is -2.10. The van der Waals surface area contributed by atoms with E-state index in [1.807, 2.05) is 18.2 Å². The van der Waals surface area contributed by atoms with Gasteiger partial charge in [-0.25, -0.2) is 14.2 Å². The van der Waals surface area contributed by atoms with Crippen LogP contribution in [-0.2, 0) is 0 Å². The van der Waals surface area contributed by atoms with Crippen LogP contribution in [0.3, 0.4) is 0 Å². The fraction of sp³-hybridized carbons (Fsp3) is 0.200. The molecule has 0 saturated heterocycles. The highest BCUT2D eigenvalue weighted by atomic mass is 19.1. The van der Waals surface area contributed by atoms with Crippen molar-refractivity contribution in [1.82, 2.24) is 10.3 Å². The molecule has 0 atom stereocenters. The minimum atomic E-state index is -0.382. The van der Waals surface area contributed by atoms with Crippen molar-refractivity contribution >= 4 is 17.5 Å². The third-order valence-electron chi connectivity index (χ3n) is 2.83. The molecule has 21 heavy (non-hydrogen) atoms. The summed E-state index contributed by atoms with van der Waals surface area (Å²) in [4.78, 5) is 15.8. The minimum absolute atomic E-state index is 0.369. The molecule has 5 nitrogen and oxygen atoms in total. The van der Waals surface area contributed by atoms with E-state index in [0.717, 1.165) is 11.4 Å². The Balaban J connectivity index is 1.74. The van der Waals surface area contributed by atoms with Gasteiger partial charge in [0.2, 0.25) is 0 Å². The van der Waals surface area contributed by atoms with Gasteiger partial charge in [0.15, 0.2) is 0 Å². The first-order chi connectivity index (χ1) is 10.1. The summed E-state index contributed by atoms with van der Waals surface area (Å²) in [7, 11) is 0. The molecule has 0 radical (unpaired) electrons. The molecule has 1 heterocycles. The predicted molar refractivity (Wildman–Crippen MR) is 80.9 cm³/mol. The lowest BCUT2D eigenvalue weighted by atomic mass is 10.2. The van der Waals surface area contributed by atoms with E-state index in [-0.39, 0.29) is 11.8 Å². The largest absolute Gasteiger partial charge is 0.368 e. The summed E-state index contributed by atoms with van der Waals surface area (Å²) in [5.74, 6) is 0.369. The summed E-state index contributed by atoms with van der Waals surface area (Å²) in [6.07, 6.45) is 1.69. The summed E-state index contributed by atoms with van der Waals surface area (Å²) >= 11 is 0. The Morgan fingerprint density at radius 1 is 1.24 bits per heavy atom. The van der Waals surface area contributed by atoms with Crippen LogP contribution in [0.4, 0.5) is 20.7 Å². The van der Waals surface area contributed by atoms with Crippen molar-refractivity contribution in [2.45, 2.75) is 6.92 Å². The van der Waals surface area contributed by atoms with E-state index < -0.39 is 0 Å². The number of aryl methyl sites for hydroxylation is 1. The van der Waals surface area contributed by atoms with Gasteiger partial charge < -0.3 is 16.0 Å². The van der Waals surface area contributed by atoms with Crippen molar-refractivity contribution in [1.29, 1.82) is 0 Å². The second kappa shape index (κ2) is 7.23. The molecule has 110 valence electrons. The number of pyridine rings is 1. The van der Waals surface area contributed by atoms with Crippen LogP contribution in [0.1, 0.15) is 5.56 Å². The first kappa shape index (κ1) is 14.8. The SMILES string of the molecule is Cc1ccc(F)cc1NC(=O)NCCNc1ccccn1. The number of amides is 2. The van der Waals surface area contributed by atoms with Gasteiger partial charge in [0.25, 0.3) is 0 Å². The van der Waals surface area contributed by atoms with E-state index in [1.54, 1.807) is 19.2 Å². The van der Waals surface area contributed by atoms with Crippen molar-refractivity contribution in [3.05, 3.63) is 54.0 Å². The molecular formula is C15H17FN4O. The monoisotopic (exact) mass is 288 g/mol. The number of nitrogens with zero attached hydrogens (tertiary/aromatic N) is 1. The second-order valence-electron chi connectivity index (χ2n) is 4.48. The maximum absolute atomic E-state index is 13.1. The average molecular weight is 288 g/mol. The Morgan fingerprint density at radius 2 is 2.10 bits per heavy atom. The number of hydrogen-bond donors (Lipinski definition) is 3. The Bertz CT molecular complexity index is 604. The molecule has 0 unspecified atom stereocenters. The normalized spacial score (nSPS) is 10.0. The summed E-state index contributed by atoms with van der Waals surface area (Å²) in [5, 5.41) is 8.37. The Labute approximate surface area is 122 Å². The first-order valence-corrected chi connectivity index (χ1v) is 6.61. The standard InChI is InChI=1S/C15H17FN4O/c1-11-5-6-12(16)10-13(11)20-15(21)19-9-8-18-14-4-2-3-7-17-14/h2-7,10H,8-9H2,1H3,(H,17,18)(H2,19,20,21). The lowest BCUT2D eigenvalue weighted by molar-refractivity contribution is 0.252. The zero-order valence-electron chi connectivity index (χ0n) is 11.7. The molecular weight excluding hydrogens is 271 g/mol. The highest BCUT2D eigenvalue weighted by Gasteiger charge is 2.04. The van der Waals surface area contributed by atoms with Gasteiger partial charge in [-0.05, 0) is 36.8 Å². The smallest absolute Gasteiger partial charge is 0.319 e. The molecule has 0 aliphatic rings. The molecule has 1 aromatic carbocycles. The third-order valence-corrected chi connectivity index (χ3v) is 2.83. The zero-order valence-corrected chi connectivity index (χ0v) is 11.7. The number of nitrogens with one attached hydrogen (secondary N) is 3. The maximum Gasteiger partial charge on any atom is 0.319 e. The van der Waals surface area contributed by atoms with Gasteiger partial charge in [0.05, 0.1) is 0 Å². The topological polar surface area (TPSA) is 66.1 Å². The van der Waals surface area contributed by atoms with Crippen molar-refractivity contribution in [2.75, 3.05) is 23.7 Å². The van der Waals surface area contributed by atoms with Gasteiger partial charge in [-0.3, -0.25) is 0 Å². The molecule has 0 bridgehead atoms. The van der Waals surface area contributed by atoms with E-state index in [0.29, 0.717) is 18.8 Å². The van der Waals surface area contributed by atoms with Crippen molar-refractivity contribution in [3.8, 4) is 0 Å². The van der Waals surface area contributed by atoms with Crippen LogP contribution in [0.5, 0.6) is 0 Å². The number of benzene rings is 1. The van der Waals surface area contributed by atoms with Crippen molar-refractivity contribution in [3.63, 3.8) is 0 Å². The number of aromatic nitrogens is 1. The number of anilines is 2. The molecule has 0 aliphatic carbocycles. The van der Waals surface area contributed by atoms with Gasteiger partial charge in [-0.2, -0.15) is 0 Å². The molecule has 1 aromatic heterocycles. The van der Waals surface area contributed by atoms with Gasteiger partial charge in [-0.1, -0.05) is 12.1 Å². The quantitative estimate of drug-likeness (QED) is 0.741. The van der Waals surface area contributed by atoms with Crippen LogP contribution in [0, 0.1) is 12.7 Å². The van der Waals surface area contributed by atoms with Gasteiger partial charge >= 0.3 is 6.03 Å². The first-order valence-electron chi connectivity index (χ1n) is 6.61. The van der Waals surface area contributed by atoms with E-state index >= 15 is 0 Å². The minimum Gasteiger partial charge on any atom is -0.368 e. The number of rotatable bonds is 5. The number of carbonyl (C=O) groups is 1. The van der Waals surface area contributed by atoms with E-state index in [9.17, 15) is 9.18 Å². The summed E-state index contributed by atoms with van der Waals surface area (Å²) in [6, 6.07) is 9.45. The third kappa shape index (κ3) is 4.76. The lowest BCUT2D eigenvalue weighted by Crippen LogP contribution is -2.32. The van der Waals surface area contributed by atoms with E-state index in [2.05, 4.69) is 20.9 Å². The molecule has 0 aliphatic heterocycles. The van der Waals surface area contributed by atoms with E-state index in [4.69, 9.17) is 0 Å². The summed E-state index contributed by atoms with van der Waals surface area (Å²) in [5.41, 5.74) is 1.27. The highest BCUT2D eigenvalue weighted by Crippen LogP contribution is 2.15. The van der Waals surface area contributed by atoms with Gasteiger partial charge in [-0.15, -0.1) is 0 Å². The van der Waals surface area contributed by atoms with Crippen LogP contribution in [0.2, 0.25) is 0 Å². The number of halogens is 1. The van der Waals surface area contributed by atoms with Gasteiger partial charge in [0.1, 0.15) is 11.6 Å². The van der Waals surface area contributed by atoms with Crippen LogP contribution >= 0.6 is 0 Å². The Hall–Kier alpha value is -2.63. The molecule has 6 heteroatoms. The molecule has 2 rings (SSSR count). The number of carbonyl (C=O) groups excluding carboxylic acids is 1. The van der Waals surface area contributed by atoms with Crippen molar-refractivity contribution in [2.24, 2.45) is 0 Å². The van der Waals surface area contributed by atoms with Crippen LogP contribution in [0.25, 0.3) is 0 Å². The molecule has 2 aromatic rings. The van der Waals surface area contributed by atoms with Crippen LogP contribution < -0.4 is 16.0 Å². The molecule has 0 saturated carbocycles. The Morgan fingerprint density at radius 3 is 2.86 bits per heavy atom. The molecule has 0 spiro atoms. The maximum atomic E-state index is 13.1. The predicted octanol–water partition coefficient (Wildman–Crippen LogP) is 2.76. The number of hydrogen-bond acceptors (Lipinski definition) is 3. The summed E-state index contributed by atoms with van der Waals surface area (Å²) in [6.45, 7) is 2.78. The van der Waals surface area contributed by atoms with Crippen molar-refractivity contribution < 1.29 is 9.18 Å².